The lowest BCUT2D eigenvalue weighted by atomic mass is 9.99. The van der Waals surface area contributed by atoms with Crippen LogP contribution in [0.15, 0.2) is 48.5 Å². The lowest BCUT2D eigenvalue weighted by Gasteiger charge is -2.30. The molecule has 0 unspecified atom stereocenters. The number of carbonyl (C=O) groups excluding carboxylic acids is 1. The number of carbonyl (C=O) groups is 1. The molecule has 0 spiro atoms. The van der Waals surface area contributed by atoms with E-state index in [1.165, 1.54) is 24.9 Å². The summed E-state index contributed by atoms with van der Waals surface area (Å²) in [4.78, 5) is 15.0. The van der Waals surface area contributed by atoms with Crippen molar-refractivity contribution in [3.05, 3.63) is 59.7 Å². The highest BCUT2D eigenvalue weighted by Crippen LogP contribution is 2.24. The Kier molecular flexibility index (Phi) is 6.29. The number of piperidine rings is 1. The Morgan fingerprint density at radius 1 is 1.19 bits per heavy atom. The number of hydrogen-bond acceptors (Lipinski definition) is 3. The Balaban J connectivity index is 1.62. The molecule has 138 valence electrons. The van der Waals surface area contributed by atoms with Crippen molar-refractivity contribution in [3.8, 4) is 5.75 Å². The quantitative estimate of drug-likeness (QED) is 0.828. The topological polar surface area (TPSA) is 41.6 Å². The Morgan fingerprint density at radius 3 is 2.69 bits per heavy atom. The molecular weight excluding hydrogens is 324 g/mol. The van der Waals surface area contributed by atoms with E-state index < -0.39 is 0 Å². The molecule has 4 nitrogen and oxygen atoms in total. The van der Waals surface area contributed by atoms with Crippen LogP contribution in [-0.4, -0.2) is 30.5 Å². The number of benzene rings is 2. The summed E-state index contributed by atoms with van der Waals surface area (Å²) in [5.74, 6) is 1.36. The van der Waals surface area contributed by atoms with Crippen molar-refractivity contribution in [2.24, 2.45) is 5.92 Å². The number of para-hydroxylation sites is 2. The van der Waals surface area contributed by atoms with Crippen LogP contribution in [0, 0.1) is 5.92 Å². The number of ether oxygens (including phenoxy) is 1. The van der Waals surface area contributed by atoms with Gasteiger partial charge in [-0.1, -0.05) is 31.2 Å². The van der Waals surface area contributed by atoms with Crippen LogP contribution in [-0.2, 0) is 6.54 Å². The van der Waals surface area contributed by atoms with Crippen molar-refractivity contribution < 1.29 is 9.53 Å². The first kappa shape index (κ1) is 18.5. The van der Waals surface area contributed by atoms with Crippen molar-refractivity contribution in [1.29, 1.82) is 0 Å². The van der Waals surface area contributed by atoms with Crippen LogP contribution in [0.4, 0.5) is 5.69 Å². The van der Waals surface area contributed by atoms with E-state index in [4.69, 9.17) is 4.74 Å². The molecule has 0 aromatic heterocycles. The molecule has 2 aromatic rings. The van der Waals surface area contributed by atoms with Gasteiger partial charge in [-0.05, 0) is 62.1 Å². The van der Waals surface area contributed by atoms with E-state index in [-0.39, 0.29) is 5.91 Å². The van der Waals surface area contributed by atoms with Gasteiger partial charge >= 0.3 is 0 Å². The molecule has 0 bridgehead atoms. The minimum atomic E-state index is -0.115. The van der Waals surface area contributed by atoms with Crippen LogP contribution in [0.2, 0.25) is 0 Å². The minimum Gasteiger partial charge on any atom is -0.492 e. The smallest absolute Gasteiger partial charge is 0.255 e. The largest absolute Gasteiger partial charge is 0.492 e. The molecule has 1 amide bonds. The van der Waals surface area contributed by atoms with Gasteiger partial charge in [0.15, 0.2) is 0 Å². The molecule has 26 heavy (non-hydrogen) atoms. The highest BCUT2D eigenvalue weighted by atomic mass is 16.5. The summed E-state index contributed by atoms with van der Waals surface area (Å²) < 4.78 is 5.57. The second-order valence-electron chi connectivity index (χ2n) is 7.06. The summed E-state index contributed by atoms with van der Waals surface area (Å²) in [6, 6.07) is 15.4. The van der Waals surface area contributed by atoms with Gasteiger partial charge in [0, 0.05) is 18.7 Å². The Bertz CT molecular complexity index is 727. The van der Waals surface area contributed by atoms with Crippen LogP contribution >= 0.6 is 0 Å². The van der Waals surface area contributed by atoms with E-state index in [1.807, 2.05) is 43.3 Å². The highest BCUT2D eigenvalue weighted by Gasteiger charge is 2.16. The normalized spacial score (nSPS) is 17.7. The van der Waals surface area contributed by atoms with E-state index in [9.17, 15) is 4.79 Å². The molecule has 1 aliphatic heterocycles. The number of nitrogens with zero attached hydrogens (tertiary/aromatic N) is 1. The van der Waals surface area contributed by atoms with E-state index >= 15 is 0 Å². The van der Waals surface area contributed by atoms with Crippen molar-refractivity contribution in [1.82, 2.24) is 4.90 Å². The summed E-state index contributed by atoms with van der Waals surface area (Å²) in [6.45, 7) is 8.10. The van der Waals surface area contributed by atoms with Crippen molar-refractivity contribution in [3.63, 3.8) is 0 Å². The standard InChI is InChI=1S/C22H28N2O2/c1-3-26-21-9-5-4-8-20(21)23-22(25)19-12-10-18(11-13-19)16-24-14-6-7-17(2)15-24/h4-5,8-13,17H,3,6-7,14-16H2,1-2H3,(H,23,25)/t17-/m1/s1. The Labute approximate surface area is 156 Å². The van der Waals surface area contributed by atoms with Gasteiger partial charge in [0.05, 0.1) is 12.3 Å². The van der Waals surface area contributed by atoms with E-state index in [1.54, 1.807) is 0 Å². The average molecular weight is 352 g/mol. The van der Waals surface area contributed by atoms with Crippen LogP contribution in [0.25, 0.3) is 0 Å². The summed E-state index contributed by atoms with van der Waals surface area (Å²) >= 11 is 0. The van der Waals surface area contributed by atoms with Gasteiger partial charge in [0.1, 0.15) is 5.75 Å². The maximum Gasteiger partial charge on any atom is 0.255 e. The Morgan fingerprint density at radius 2 is 1.96 bits per heavy atom. The fraction of sp³-hybridized carbons (Fsp3) is 0.409. The number of rotatable bonds is 6. The van der Waals surface area contributed by atoms with E-state index in [0.717, 1.165) is 19.0 Å². The third-order valence-corrected chi connectivity index (χ3v) is 4.80. The molecule has 1 heterocycles. The zero-order valence-electron chi connectivity index (χ0n) is 15.7. The molecule has 0 saturated carbocycles. The van der Waals surface area contributed by atoms with Gasteiger partial charge in [0.25, 0.3) is 5.91 Å². The molecule has 0 radical (unpaired) electrons. The lowest BCUT2D eigenvalue weighted by molar-refractivity contribution is 0.102. The first-order chi connectivity index (χ1) is 12.7. The molecular formula is C22H28N2O2. The number of nitrogens with one attached hydrogen (secondary N) is 1. The third-order valence-electron chi connectivity index (χ3n) is 4.80. The molecule has 1 saturated heterocycles. The van der Waals surface area contributed by atoms with Crippen molar-refractivity contribution >= 4 is 11.6 Å². The summed E-state index contributed by atoms with van der Waals surface area (Å²) in [7, 11) is 0. The van der Waals surface area contributed by atoms with Crippen LogP contribution in [0.1, 0.15) is 42.6 Å². The third kappa shape index (κ3) is 4.85. The van der Waals surface area contributed by atoms with Gasteiger partial charge in [-0.3, -0.25) is 9.69 Å². The summed E-state index contributed by atoms with van der Waals surface area (Å²) in [5, 5.41) is 2.94. The number of likely N-dealkylation sites (tertiary alicyclic amines) is 1. The molecule has 3 rings (SSSR count). The zero-order chi connectivity index (χ0) is 18.4. The van der Waals surface area contributed by atoms with E-state index in [2.05, 4.69) is 29.3 Å². The minimum absolute atomic E-state index is 0.115. The predicted octanol–water partition coefficient (Wildman–Crippen LogP) is 4.57. The van der Waals surface area contributed by atoms with E-state index in [0.29, 0.717) is 23.6 Å². The molecule has 2 aromatic carbocycles. The number of amides is 1. The number of anilines is 1. The highest BCUT2D eigenvalue weighted by molar-refractivity contribution is 6.05. The fourth-order valence-corrected chi connectivity index (χ4v) is 3.50. The molecule has 1 atom stereocenters. The van der Waals surface area contributed by atoms with Gasteiger partial charge in [-0.2, -0.15) is 0 Å². The van der Waals surface area contributed by atoms with Gasteiger partial charge in [-0.15, -0.1) is 0 Å². The second-order valence-corrected chi connectivity index (χ2v) is 7.06. The fourth-order valence-electron chi connectivity index (χ4n) is 3.50. The molecule has 1 aliphatic rings. The monoisotopic (exact) mass is 352 g/mol. The lowest BCUT2D eigenvalue weighted by Crippen LogP contribution is -2.33. The maximum atomic E-state index is 12.5. The summed E-state index contributed by atoms with van der Waals surface area (Å²) in [5.41, 5.74) is 2.61. The number of hydrogen-bond donors (Lipinski definition) is 1. The average Bonchev–Trinajstić information content (AvgIpc) is 2.64. The molecule has 0 aliphatic carbocycles. The first-order valence-corrected chi connectivity index (χ1v) is 9.50. The first-order valence-electron chi connectivity index (χ1n) is 9.50. The molecule has 4 heteroatoms. The van der Waals surface area contributed by atoms with Crippen LogP contribution in [0.5, 0.6) is 5.75 Å². The van der Waals surface area contributed by atoms with Gasteiger partial charge in [0.2, 0.25) is 0 Å². The maximum absolute atomic E-state index is 12.5. The predicted molar refractivity (Wildman–Crippen MR) is 106 cm³/mol. The second kappa shape index (κ2) is 8.86. The SMILES string of the molecule is CCOc1ccccc1NC(=O)c1ccc(CN2CCC[C@@H](C)C2)cc1. The molecule has 1 N–H and O–H groups in total. The Hall–Kier alpha value is -2.33. The summed E-state index contributed by atoms with van der Waals surface area (Å²) in [6.07, 6.45) is 2.61. The van der Waals surface area contributed by atoms with Gasteiger partial charge in [-0.25, -0.2) is 0 Å². The van der Waals surface area contributed by atoms with Crippen molar-refractivity contribution in [2.75, 3.05) is 25.0 Å². The van der Waals surface area contributed by atoms with Crippen LogP contribution < -0.4 is 10.1 Å². The van der Waals surface area contributed by atoms with Crippen LogP contribution in [0.3, 0.4) is 0 Å². The van der Waals surface area contributed by atoms with Gasteiger partial charge < -0.3 is 10.1 Å². The zero-order valence-corrected chi connectivity index (χ0v) is 15.7. The van der Waals surface area contributed by atoms with Crippen molar-refractivity contribution in [2.45, 2.75) is 33.2 Å². The molecule has 1 fully saturated rings.